The van der Waals surface area contributed by atoms with Crippen LogP contribution < -0.4 is 20.3 Å². The Hall–Kier alpha value is -3.96. The van der Waals surface area contributed by atoms with Crippen LogP contribution in [-0.4, -0.2) is 40.5 Å². The van der Waals surface area contributed by atoms with Crippen LogP contribution in [0.25, 0.3) is 11.3 Å². The van der Waals surface area contributed by atoms with Crippen molar-refractivity contribution in [1.29, 1.82) is 0 Å². The molecule has 168 valence electrons. The summed E-state index contributed by atoms with van der Waals surface area (Å²) in [6.07, 6.45) is 1.22. The summed E-state index contributed by atoms with van der Waals surface area (Å²) >= 11 is 0. The highest BCUT2D eigenvalue weighted by molar-refractivity contribution is 5.69. The van der Waals surface area contributed by atoms with Crippen molar-refractivity contribution >= 4 is 11.7 Å². The first kappa shape index (κ1) is 21.3. The molecule has 0 spiro atoms. The lowest BCUT2D eigenvalue weighted by Gasteiger charge is -2.24. The van der Waals surface area contributed by atoms with Crippen molar-refractivity contribution in [2.24, 2.45) is 0 Å². The van der Waals surface area contributed by atoms with Gasteiger partial charge in [0.25, 0.3) is 5.56 Å². The summed E-state index contributed by atoms with van der Waals surface area (Å²) < 4.78 is 45.8. The number of carbonyl (C=O) groups excluding carboxylic acids is 1. The molecule has 3 aromatic rings. The number of alkyl halides is 2. The quantitative estimate of drug-likeness (QED) is 0.544. The first-order chi connectivity index (χ1) is 15.4. The molecule has 32 heavy (non-hydrogen) atoms. The van der Waals surface area contributed by atoms with Crippen LogP contribution in [0, 0.1) is 0 Å². The zero-order valence-corrected chi connectivity index (χ0v) is 16.8. The first-order valence-corrected chi connectivity index (χ1v) is 9.61. The summed E-state index contributed by atoms with van der Waals surface area (Å²) in [5.74, 6) is -0.0352. The minimum Gasteiger partial charge on any atom is -0.473 e. The highest BCUT2D eigenvalue weighted by Gasteiger charge is 2.28. The van der Waals surface area contributed by atoms with E-state index >= 15 is 0 Å². The minimum absolute atomic E-state index is 0.0259. The van der Waals surface area contributed by atoms with Crippen LogP contribution in [0.1, 0.15) is 18.7 Å². The first-order valence-electron chi connectivity index (χ1n) is 9.61. The fourth-order valence-electron chi connectivity index (χ4n) is 3.09. The molecule has 0 fully saturated rings. The molecule has 0 radical (unpaired) electrons. The summed E-state index contributed by atoms with van der Waals surface area (Å²) in [5, 5.41) is 7.00. The Bertz CT molecular complexity index is 1160. The number of halogens is 2. The van der Waals surface area contributed by atoms with Crippen molar-refractivity contribution in [1.82, 2.24) is 14.7 Å². The Morgan fingerprint density at radius 3 is 2.84 bits per heavy atom. The van der Waals surface area contributed by atoms with E-state index < -0.39 is 24.2 Å². The average Bonchev–Trinajstić information content (AvgIpc) is 3.26. The normalized spacial score (nSPS) is 14.9. The molecule has 1 atom stereocenters. The molecule has 1 aromatic carbocycles. The molecule has 3 heterocycles. The van der Waals surface area contributed by atoms with Gasteiger partial charge in [-0.15, -0.1) is 0 Å². The zero-order chi connectivity index (χ0) is 22.7. The largest absolute Gasteiger partial charge is 0.473 e. The molecule has 1 N–H and O–H groups in total. The molecule has 1 aliphatic heterocycles. The number of fused-ring (bicyclic) bond motifs is 1. The van der Waals surface area contributed by atoms with Crippen molar-refractivity contribution < 1.29 is 32.3 Å². The van der Waals surface area contributed by atoms with E-state index in [0.29, 0.717) is 17.0 Å². The van der Waals surface area contributed by atoms with Crippen molar-refractivity contribution in [3.05, 3.63) is 52.8 Å². The Balaban J connectivity index is 1.51. The average molecular weight is 448 g/mol. The standard InChI is InChI=1S/C20H18F2N4O6/c1-2-29-16(27)8-26-10-23-18-17(19(26)28)24-14(9-30-18)15-7-13(25-32-15)11-3-5-12(6-4-11)31-20(21)22/h3-7,10,14,20,24H,2,8-9H2,1H3/t14-/m0/s1. The number of carbonyl (C=O) groups is 1. The van der Waals surface area contributed by atoms with Gasteiger partial charge in [0.1, 0.15) is 37.0 Å². The van der Waals surface area contributed by atoms with E-state index in [1.165, 1.54) is 18.5 Å². The smallest absolute Gasteiger partial charge is 0.387 e. The molecule has 10 nitrogen and oxygen atoms in total. The number of nitrogens with one attached hydrogen (secondary N) is 1. The summed E-state index contributed by atoms with van der Waals surface area (Å²) in [7, 11) is 0. The van der Waals surface area contributed by atoms with Crippen LogP contribution >= 0.6 is 0 Å². The monoisotopic (exact) mass is 448 g/mol. The van der Waals surface area contributed by atoms with E-state index in [1.807, 2.05) is 0 Å². The molecule has 0 saturated heterocycles. The van der Waals surface area contributed by atoms with Gasteiger partial charge in [0.2, 0.25) is 5.88 Å². The van der Waals surface area contributed by atoms with Gasteiger partial charge in [-0.3, -0.25) is 14.2 Å². The number of esters is 1. The third-order valence-electron chi connectivity index (χ3n) is 4.56. The molecular formula is C20H18F2N4O6. The van der Waals surface area contributed by atoms with E-state index in [-0.39, 0.29) is 37.1 Å². The summed E-state index contributed by atoms with van der Waals surface area (Å²) in [5.41, 5.74) is 0.668. The van der Waals surface area contributed by atoms with Crippen LogP contribution in [0.2, 0.25) is 0 Å². The Morgan fingerprint density at radius 1 is 1.34 bits per heavy atom. The van der Waals surface area contributed by atoms with Crippen LogP contribution in [0.5, 0.6) is 11.6 Å². The maximum absolute atomic E-state index is 12.7. The van der Waals surface area contributed by atoms with E-state index in [1.54, 1.807) is 25.1 Å². The van der Waals surface area contributed by atoms with Crippen molar-refractivity contribution in [3.63, 3.8) is 0 Å². The van der Waals surface area contributed by atoms with Gasteiger partial charge in [-0.25, -0.2) is 4.98 Å². The van der Waals surface area contributed by atoms with Gasteiger partial charge in [0.05, 0.1) is 6.61 Å². The number of anilines is 1. The van der Waals surface area contributed by atoms with Crippen LogP contribution in [-0.2, 0) is 16.1 Å². The predicted octanol–water partition coefficient (Wildman–Crippen LogP) is 2.61. The van der Waals surface area contributed by atoms with Crippen LogP contribution in [0.3, 0.4) is 0 Å². The lowest BCUT2D eigenvalue weighted by Crippen LogP contribution is -2.33. The van der Waals surface area contributed by atoms with Gasteiger partial charge in [-0.05, 0) is 31.2 Å². The second kappa shape index (κ2) is 9.04. The number of hydrogen-bond acceptors (Lipinski definition) is 9. The maximum Gasteiger partial charge on any atom is 0.387 e. The lowest BCUT2D eigenvalue weighted by molar-refractivity contribution is -0.143. The Labute approximate surface area is 179 Å². The number of nitrogens with zero attached hydrogens (tertiary/aromatic N) is 3. The number of rotatable bonds is 7. The van der Waals surface area contributed by atoms with Gasteiger partial charge in [-0.1, -0.05) is 5.16 Å². The number of aromatic nitrogens is 3. The number of benzene rings is 1. The zero-order valence-electron chi connectivity index (χ0n) is 16.8. The van der Waals surface area contributed by atoms with E-state index in [2.05, 4.69) is 20.2 Å². The molecule has 0 unspecified atom stereocenters. The fraction of sp³-hybridized carbons (Fsp3) is 0.300. The third kappa shape index (κ3) is 4.53. The molecule has 4 rings (SSSR count). The molecule has 2 aromatic heterocycles. The molecule has 12 heteroatoms. The van der Waals surface area contributed by atoms with Crippen molar-refractivity contribution in [3.8, 4) is 22.9 Å². The predicted molar refractivity (Wildman–Crippen MR) is 106 cm³/mol. The molecule has 0 bridgehead atoms. The highest BCUT2D eigenvalue weighted by atomic mass is 19.3. The third-order valence-corrected chi connectivity index (χ3v) is 4.56. The van der Waals surface area contributed by atoms with Gasteiger partial charge in [0.15, 0.2) is 11.4 Å². The Morgan fingerprint density at radius 2 is 2.12 bits per heavy atom. The second-order valence-corrected chi connectivity index (χ2v) is 6.69. The summed E-state index contributed by atoms with van der Waals surface area (Å²) in [6.45, 7) is -1.20. The Kier molecular flexibility index (Phi) is 6.01. The topological polar surface area (TPSA) is 118 Å². The SMILES string of the molecule is CCOC(=O)Cn1cnc2c(c1=O)N[C@H](c1cc(-c3ccc(OC(F)F)cc3)no1)CO2. The minimum atomic E-state index is -2.91. The molecule has 1 aliphatic rings. The molecule has 0 saturated carbocycles. The van der Waals surface area contributed by atoms with Gasteiger partial charge >= 0.3 is 12.6 Å². The highest BCUT2D eigenvalue weighted by Crippen LogP contribution is 2.31. The van der Waals surface area contributed by atoms with Crippen LogP contribution in [0.4, 0.5) is 14.5 Å². The second-order valence-electron chi connectivity index (χ2n) is 6.69. The number of ether oxygens (including phenoxy) is 3. The maximum atomic E-state index is 12.7. The van der Waals surface area contributed by atoms with E-state index in [9.17, 15) is 18.4 Å². The van der Waals surface area contributed by atoms with Crippen LogP contribution in [0.15, 0.2) is 46.0 Å². The van der Waals surface area contributed by atoms with E-state index in [4.69, 9.17) is 14.0 Å². The van der Waals surface area contributed by atoms with Crippen molar-refractivity contribution in [2.75, 3.05) is 18.5 Å². The lowest BCUT2D eigenvalue weighted by atomic mass is 10.1. The van der Waals surface area contributed by atoms with Crippen molar-refractivity contribution in [2.45, 2.75) is 26.1 Å². The summed E-state index contributed by atoms with van der Waals surface area (Å²) in [4.78, 5) is 28.5. The van der Waals surface area contributed by atoms with Gasteiger partial charge in [-0.2, -0.15) is 8.78 Å². The van der Waals surface area contributed by atoms with Gasteiger partial charge < -0.3 is 24.1 Å². The molecule has 0 aliphatic carbocycles. The number of hydrogen-bond donors (Lipinski definition) is 1. The fourth-order valence-corrected chi connectivity index (χ4v) is 3.09. The molecular weight excluding hydrogens is 430 g/mol. The summed E-state index contributed by atoms with van der Waals surface area (Å²) in [6, 6.07) is 7.02. The van der Waals surface area contributed by atoms with E-state index in [0.717, 1.165) is 4.57 Å². The molecule has 0 amide bonds. The van der Waals surface area contributed by atoms with Gasteiger partial charge in [0, 0.05) is 11.6 Å².